The van der Waals surface area contributed by atoms with Gasteiger partial charge in [-0.3, -0.25) is 0 Å². The van der Waals surface area contributed by atoms with Crippen molar-refractivity contribution in [3.63, 3.8) is 0 Å². The van der Waals surface area contributed by atoms with Gasteiger partial charge in [0.25, 0.3) is 0 Å². The minimum absolute atomic E-state index is 0.588. The first kappa shape index (κ1) is 12.0. The molecule has 4 rings (SSSR count). The number of benzene rings is 2. The second-order valence-electron chi connectivity index (χ2n) is 5.88. The number of nitrogens with one attached hydrogen (secondary N) is 2. The maximum absolute atomic E-state index is 3.73. The normalized spacial score (nSPS) is 16.8. The summed E-state index contributed by atoms with van der Waals surface area (Å²) in [4.78, 5) is 0. The smallest absolute Gasteiger partial charge is 0.0419 e. The molecule has 0 aromatic heterocycles. The van der Waals surface area contributed by atoms with Crippen LogP contribution in [0, 0.1) is 0 Å². The van der Waals surface area contributed by atoms with E-state index in [1.807, 2.05) is 0 Å². The third-order valence-corrected chi connectivity index (χ3v) is 4.57. The van der Waals surface area contributed by atoms with E-state index in [4.69, 9.17) is 0 Å². The summed E-state index contributed by atoms with van der Waals surface area (Å²) < 4.78 is 0. The third-order valence-electron chi connectivity index (χ3n) is 4.57. The van der Waals surface area contributed by atoms with Crippen LogP contribution in [0.15, 0.2) is 42.5 Å². The number of fused-ring (bicyclic) bond motifs is 2. The molecule has 0 unspecified atom stereocenters. The molecule has 0 amide bonds. The number of rotatable bonds is 3. The van der Waals surface area contributed by atoms with Crippen molar-refractivity contribution in [1.82, 2.24) is 5.32 Å². The Morgan fingerprint density at radius 3 is 2.50 bits per heavy atom. The summed E-state index contributed by atoms with van der Waals surface area (Å²) in [6.07, 6.45) is 3.50. The topological polar surface area (TPSA) is 24.1 Å². The van der Waals surface area contributed by atoms with Crippen LogP contribution in [-0.4, -0.2) is 12.6 Å². The molecule has 2 aromatic carbocycles. The van der Waals surface area contributed by atoms with Crippen LogP contribution in [-0.2, 0) is 25.8 Å². The summed E-state index contributed by atoms with van der Waals surface area (Å²) in [5, 5.41) is 7.26. The standard InChI is InChI=1S/C18H20N2/c1-2-5-15-11-17(10-14(15)4-1)20-12-16-7-3-6-13-8-9-19-18(13)16/h1-7,17,19-20H,8-12H2. The molecule has 20 heavy (non-hydrogen) atoms. The van der Waals surface area contributed by atoms with Crippen molar-refractivity contribution < 1.29 is 0 Å². The highest BCUT2D eigenvalue weighted by atomic mass is 14.9. The maximum atomic E-state index is 3.73. The summed E-state index contributed by atoms with van der Waals surface area (Å²) in [5.74, 6) is 0. The Balaban J connectivity index is 1.44. The average Bonchev–Trinajstić information content (AvgIpc) is 3.11. The Labute approximate surface area is 120 Å². The minimum atomic E-state index is 0.588. The lowest BCUT2D eigenvalue weighted by Crippen LogP contribution is -2.29. The average molecular weight is 264 g/mol. The van der Waals surface area contributed by atoms with E-state index in [1.54, 1.807) is 0 Å². The fourth-order valence-corrected chi connectivity index (χ4v) is 3.52. The van der Waals surface area contributed by atoms with E-state index < -0.39 is 0 Å². The quantitative estimate of drug-likeness (QED) is 0.890. The van der Waals surface area contributed by atoms with E-state index >= 15 is 0 Å². The molecule has 0 spiro atoms. The van der Waals surface area contributed by atoms with E-state index in [0.717, 1.165) is 19.5 Å². The van der Waals surface area contributed by atoms with Gasteiger partial charge in [0.05, 0.1) is 0 Å². The molecule has 1 heterocycles. The van der Waals surface area contributed by atoms with Gasteiger partial charge in [-0.05, 0) is 41.5 Å². The molecule has 0 radical (unpaired) electrons. The van der Waals surface area contributed by atoms with Crippen molar-refractivity contribution in [3.05, 3.63) is 64.7 Å². The monoisotopic (exact) mass is 264 g/mol. The van der Waals surface area contributed by atoms with Crippen LogP contribution in [0.2, 0.25) is 0 Å². The first-order valence-corrected chi connectivity index (χ1v) is 7.55. The molecule has 0 fully saturated rings. The Hall–Kier alpha value is -1.80. The summed E-state index contributed by atoms with van der Waals surface area (Å²) >= 11 is 0. The van der Waals surface area contributed by atoms with Crippen molar-refractivity contribution >= 4 is 5.69 Å². The zero-order valence-electron chi connectivity index (χ0n) is 11.7. The lowest BCUT2D eigenvalue weighted by Gasteiger charge is -2.14. The number of para-hydroxylation sites is 1. The summed E-state index contributed by atoms with van der Waals surface area (Å²) in [7, 11) is 0. The molecule has 0 saturated heterocycles. The molecular formula is C18H20N2. The van der Waals surface area contributed by atoms with E-state index in [0.29, 0.717) is 6.04 Å². The summed E-state index contributed by atoms with van der Waals surface area (Å²) in [5.41, 5.74) is 7.29. The molecular weight excluding hydrogens is 244 g/mol. The summed E-state index contributed by atoms with van der Waals surface area (Å²) in [6.45, 7) is 2.05. The fraction of sp³-hybridized carbons (Fsp3) is 0.333. The molecule has 2 N–H and O–H groups in total. The first-order valence-electron chi connectivity index (χ1n) is 7.55. The zero-order chi connectivity index (χ0) is 13.4. The number of hydrogen-bond donors (Lipinski definition) is 2. The van der Waals surface area contributed by atoms with E-state index in [1.165, 1.54) is 40.8 Å². The molecule has 102 valence electrons. The predicted molar refractivity (Wildman–Crippen MR) is 83.1 cm³/mol. The molecule has 0 bridgehead atoms. The van der Waals surface area contributed by atoms with Gasteiger partial charge in [0.2, 0.25) is 0 Å². The predicted octanol–water partition coefficient (Wildman–Crippen LogP) is 2.91. The van der Waals surface area contributed by atoms with Crippen molar-refractivity contribution in [1.29, 1.82) is 0 Å². The molecule has 1 aliphatic heterocycles. The van der Waals surface area contributed by atoms with Gasteiger partial charge < -0.3 is 10.6 Å². The SMILES string of the molecule is c1ccc2c(c1)CC(NCc1cccc3c1NCC3)C2. The van der Waals surface area contributed by atoms with Gasteiger partial charge in [0.15, 0.2) is 0 Å². The summed E-state index contributed by atoms with van der Waals surface area (Å²) in [6, 6.07) is 16.1. The number of anilines is 1. The van der Waals surface area contributed by atoms with Gasteiger partial charge in [0, 0.05) is 24.8 Å². The first-order chi connectivity index (χ1) is 9.90. The Kier molecular flexibility index (Phi) is 2.96. The van der Waals surface area contributed by atoms with Crippen LogP contribution in [0.4, 0.5) is 5.69 Å². The van der Waals surface area contributed by atoms with E-state index in [2.05, 4.69) is 53.1 Å². The Morgan fingerprint density at radius 2 is 1.70 bits per heavy atom. The Bertz CT molecular complexity index is 608. The molecule has 0 saturated carbocycles. The Morgan fingerprint density at radius 1 is 0.950 bits per heavy atom. The van der Waals surface area contributed by atoms with E-state index in [-0.39, 0.29) is 0 Å². The van der Waals surface area contributed by atoms with Gasteiger partial charge in [-0.2, -0.15) is 0 Å². The molecule has 2 aromatic rings. The molecule has 2 heteroatoms. The van der Waals surface area contributed by atoms with Gasteiger partial charge in [-0.15, -0.1) is 0 Å². The van der Waals surface area contributed by atoms with E-state index in [9.17, 15) is 0 Å². The lowest BCUT2D eigenvalue weighted by atomic mass is 10.1. The van der Waals surface area contributed by atoms with Crippen molar-refractivity contribution in [2.75, 3.05) is 11.9 Å². The van der Waals surface area contributed by atoms with Crippen LogP contribution in [0.5, 0.6) is 0 Å². The van der Waals surface area contributed by atoms with Gasteiger partial charge in [0.1, 0.15) is 0 Å². The lowest BCUT2D eigenvalue weighted by molar-refractivity contribution is 0.533. The molecule has 2 nitrogen and oxygen atoms in total. The maximum Gasteiger partial charge on any atom is 0.0419 e. The van der Waals surface area contributed by atoms with Crippen LogP contribution in [0.25, 0.3) is 0 Å². The second-order valence-corrected chi connectivity index (χ2v) is 5.88. The van der Waals surface area contributed by atoms with Crippen LogP contribution < -0.4 is 10.6 Å². The fourth-order valence-electron chi connectivity index (χ4n) is 3.52. The highest BCUT2D eigenvalue weighted by Crippen LogP contribution is 2.27. The second kappa shape index (κ2) is 4.95. The van der Waals surface area contributed by atoms with Gasteiger partial charge in [-0.1, -0.05) is 42.5 Å². The van der Waals surface area contributed by atoms with Crippen LogP contribution >= 0.6 is 0 Å². The molecule has 0 atom stereocenters. The van der Waals surface area contributed by atoms with Gasteiger partial charge >= 0.3 is 0 Å². The van der Waals surface area contributed by atoms with Crippen molar-refractivity contribution in [2.24, 2.45) is 0 Å². The highest BCUT2D eigenvalue weighted by molar-refractivity contribution is 5.61. The highest BCUT2D eigenvalue weighted by Gasteiger charge is 2.21. The van der Waals surface area contributed by atoms with Crippen LogP contribution in [0.1, 0.15) is 22.3 Å². The van der Waals surface area contributed by atoms with Crippen molar-refractivity contribution in [2.45, 2.75) is 31.8 Å². The van der Waals surface area contributed by atoms with Crippen LogP contribution in [0.3, 0.4) is 0 Å². The largest absolute Gasteiger partial charge is 0.384 e. The number of hydrogen-bond acceptors (Lipinski definition) is 2. The molecule has 1 aliphatic carbocycles. The third kappa shape index (κ3) is 2.10. The van der Waals surface area contributed by atoms with Crippen molar-refractivity contribution in [3.8, 4) is 0 Å². The zero-order valence-corrected chi connectivity index (χ0v) is 11.7. The van der Waals surface area contributed by atoms with Gasteiger partial charge in [-0.25, -0.2) is 0 Å². The molecule has 2 aliphatic rings. The minimum Gasteiger partial charge on any atom is -0.384 e.